The minimum atomic E-state index is -4.63. The second kappa shape index (κ2) is 5.15. The summed E-state index contributed by atoms with van der Waals surface area (Å²) >= 11 is 2.82. The third kappa shape index (κ3) is 2.94. The molecular weight excluding hydrogens is 319 g/mol. The molecule has 8 heteroatoms. The van der Waals surface area contributed by atoms with Gasteiger partial charge in [0.15, 0.2) is 0 Å². The fourth-order valence-electron chi connectivity index (χ4n) is 1.45. The number of carbonyl (C=O) groups is 1. The van der Waals surface area contributed by atoms with Crippen LogP contribution in [0, 0.1) is 0 Å². The lowest BCUT2D eigenvalue weighted by Gasteiger charge is -2.16. The number of hydrogen-bond acceptors (Lipinski definition) is 3. The zero-order valence-electron chi connectivity index (χ0n) is 8.83. The molecular formula is C10H9BrF3NO3. The number of phenolic OH excluding ortho intramolecular Hbond substituents is 1. The zero-order chi connectivity index (χ0) is 14.1. The molecule has 0 saturated heterocycles. The highest BCUT2D eigenvalue weighted by molar-refractivity contribution is 9.10. The topological polar surface area (TPSA) is 83.6 Å². The smallest absolute Gasteiger partial charge is 0.416 e. The van der Waals surface area contributed by atoms with Crippen LogP contribution in [0.5, 0.6) is 5.75 Å². The highest BCUT2D eigenvalue weighted by Gasteiger charge is 2.34. The molecule has 0 aliphatic heterocycles. The normalized spacial score (nSPS) is 13.4. The number of halogens is 4. The number of alkyl halides is 3. The summed E-state index contributed by atoms with van der Waals surface area (Å²) in [5, 5.41) is 18.4. The molecule has 0 amide bonds. The Bertz CT molecular complexity index is 453. The molecule has 4 N–H and O–H groups in total. The molecule has 1 atom stereocenters. The fourth-order valence-corrected chi connectivity index (χ4v) is 2.18. The van der Waals surface area contributed by atoms with E-state index in [-0.39, 0.29) is 16.6 Å². The first kappa shape index (κ1) is 14.8. The van der Waals surface area contributed by atoms with Gasteiger partial charge in [0, 0.05) is 16.6 Å². The summed E-state index contributed by atoms with van der Waals surface area (Å²) < 4.78 is 37.2. The lowest BCUT2D eigenvalue weighted by atomic mass is 9.97. The van der Waals surface area contributed by atoms with Gasteiger partial charge in [-0.3, -0.25) is 4.79 Å². The van der Waals surface area contributed by atoms with Gasteiger partial charge in [0.1, 0.15) is 5.75 Å². The molecule has 0 saturated carbocycles. The first-order valence-electron chi connectivity index (χ1n) is 4.71. The zero-order valence-corrected chi connectivity index (χ0v) is 10.4. The van der Waals surface area contributed by atoms with E-state index in [9.17, 15) is 23.1 Å². The minimum absolute atomic E-state index is 0.146. The number of nitrogens with two attached hydrogens (primary N) is 1. The average molecular weight is 328 g/mol. The van der Waals surface area contributed by atoms with Crippen LogP contribution in [-0.4, -0.2) is 22.7 Å². The van der Waals surface area contributed by atoms with Crippen LogP contribution in [0.2, 0.25) is 0 Å². The molecule has 0 aliphatic rings. The first-order valence-corrected chi connectivity index (χ1v) is 5.50. The second-order valence-electron chi connectivity index (χ2n) is 3.52. The molecule has 0 heterocycles. The van der Waals surface area contributed by atoms with E-state index in [2.05, 4.69) is 15.9 Å². The number of hydrogen-bond donors (Lipinski definition) is 3. The number of phenols is 1. The molecule has 1 rings (SSSR count). The SMILES string of the molecule is NCC(C(=O)O)c1c(O)cc(C(F)(F)F)cc1Br. The van der Waals surface area contributed by atoms with Crippen LogP contribution < -0.4 is 5.73 Å². The van der Waals surface area contributed by atoms with E-state index < -0.39 is 29.4 Å². The van der Waals surface area contributed by atoms with Crippen LogP contribution >= 0.6 is 15.9 Å². The highest BCUT2D eigenvalue weighted by atomic mass is 79.9. The number of carboxylic acid groups (broad SMARTS) is 1. The fraction of sp³-hybridized carbons (Fsp3) is 0.300. The number of rotatable bonds is 3. The van der Waals surface area contributed by atoms with Gasteiger partial charge in [-0.2, -0.15) is 13.2 Å². The van der Waals surface area contributed by atoms with Crippen molar-refractivity contribution in [3.05, 3.63) is 27.7 Å². The Hall–Kier alpha value is -1.28. The molecule has 100 valence electrons. The van der Waals surface area contributed by atoms with Crippen LogP contribution in [0.3, 0.4) is 0 Å². The lowest BCUT2D eigenvalue weighted by Crippen LogP contribution is -2.22. The third-order valence-corrected chi connectivity index (χ3v) is 2.97. The summed E-state index contributed by atoms with van der Waals surface area (Å²) in [4.78, 5) is 10.9. The Morgan fingerprint density at radius 3 is 2.33 bits per heavy atom. The maximum Gasteiger partial charge on any atom is 0.416 e. The van der Waals surface area contributed by atoms with Gasteiger partial charge in [-0.1, -0.05) is 15.9 Å². The van der Waals surface area contributed by atoms with Crippen molar-refractivity contribution in [2.45, 2.75) is 12.1 Å². The molecule has 4 nitrogen and oxygen atoms in total. The van der Waals surface area contributed by atoms with E-state index >= 15 is 0 Å². The predicted molar refractivity (Wildman–Crippen MR) is 60.2 cm³/mol. The van der Waals surface area contributed by atoms with Crippen molar-refractivity contribution in [1.82, 2.24) is 0 Å². The summed E-state index contributed by atoms with van der Waals surface area (Å²) in [7, 11) is 0. The van der Waals surface area contributed by atoms with E-state index in [1.807, 2.05) is 0 Å². The summed E-state index contributed by atoms with van der Waals surface area (Å²) in [5.74, 6) is -3.36. The van der Waals surface area contributed by atoms with Crippen LogP contribution in [0.25, 0.3) is 0 Å². The number of carboxylic acids is 1. The maximum atomic E-state index is 12.4. The molecule has 1 aromatic rings. The Kier molecular flexibility index (Phi) is 4.23. The summed E-state index contributed by atoms with van der Waals surface area (Å²) in [6.45, 7) is -0.340. The van der Waals surface area contributed by atoms with Crippen LogP contribution in [-0.2, 0) is 11.0 Å². The van der Waals surface area contributed by atoms with Gasteiger partial charge in [0.2, 0.25) is 0 Å². The average Bonchev–Trinajstić information content (AvgIpc) is 2.20. The second-order valence-corrected chi connectivity index (χ2v) is 4.37. The van der Waals surface area contributed by atoms with Gasteiger partial charge < -0.3 is 15.9 Å². The molecule has 0 fully saturated rings. The van der Waals surface area contributed by atoms with Crippen LogP contribution in [0.15, 0.2) is 16.6 Å². The van der Waals surface area contributed by atoms with Crippen molar-refractivity contribution in [3.8, 4) is 5.75 Å². The highest BCUT2D eigenvalue weighted by Crippen LogP contribution is 2.39. The Morgan fingerprint density at radius 2 is 2.00 bits per heavy atom. The molecule has 0 radical (unpaired) electrons. The van der Waals surface area contributed by atoms with Crippen molar-refractivity contribution < 1.29 is 28.2 Å². The predicted octanol–water partition coefficient (Wildman–Crippen LogP) is 2.30. The van der Waals surface area contributed by atoms with E-state index in [0.717, 1.165) is 0 Å². The number of aliphatic carboxylic acids is 1. The molecule has 18 heavy (non-hydrogen) atoms. The molecule has 0 bridgehead atoms. The van der Waals surface area contributed by atoms with Crippen molar-refractivity contribution in [3.63, 3.8) is 0 Å². The molecule has 1 aromatic carbocycles. The van der Waals surface area contributed by atoms with E-state index in [1.165, 1.54) is 0 Å². The van der Waals surface area contributed by atoms with Crippen molar-refractivity contribution >= 4 is 21.9 Å². The summed E-state index contributed by atoms with van der Waals surface area (Å²) in [5.41, 5.74) is 3.99. The minimum Gasteiger partial charge on any atom is -0.508 e. The van der Waals surface area contributed by atoms with E-state index in [4.69, 9.17) is 10.8 Å². The van der Waals surface area contributed by atoms with Gasteiger partial charge in [-0.25, -0.2) is 0 Å². The molecule has 0 spiro atoms. The van der Waals surface area contributed by atoms with Gasteiger partial charge in [0.25, 0.3) is 0 Å². The van der Waals surface area contributed by atoms with Crippen LogP contribution in [0.4, 0.5) is 13.2 Å². The van der Waals surface area contributed by atoms with Gasteiger partial charge in [-0.05, 0) is 12.1 Å². The van der Waals surface area contributed by atoms with E-state index in [1.54, 1.807) is 0 Å². The largest absolute Gasteiger partial charge is 0.508 e. The standard InChI is InChI=1S/C10H9BrF3NO3/c11-6-1-4(10(12,13)14)2-7(16)8(6)5(3-15)9(17)18/h1-2,5,16H,3,15H2,(H,17,18). The van der Waals surface area contributed by atoms with Crippen molar-refractivity contribution in [2.24, 2.45) is 5.73 Å². The Labute approximate surface area is 108 Å². The Balaban J connectivity index is 3.37. The quantitative estimate of drug-likeness (QED) is 0.795. The summed E-state index contributed by atoms with van der Waals surface area (Å²) in [6, 6.07) is 1.19. The van der Waals surface area contributed by atoms with Gasteiger partial charge in [0.05, 0.1) is 11.5 Å². The van der Waals surface area contributed by atoms with Gasteiger partial charge in [-0.15, -0.1) is 0 Å². The van der Waals surface area contributed by atoms with Crippen LogP contribution in [0.1, 0.15) is 17.0 Å². The number of benzene rings is 1. The maximum absolute atomic E-state index is 12.4. The van der Waals surface area contributed by atoms with E-state index in [0.29, 0.717) is 12.1 Å². The van der Waals surface area contributed by atoms with Gasteiger partial charge >= 0.3 is 12.1 Å². The van der Waals surface area contributed by atoms with Crippen molar-refractivity contribution in [1.29, 1.82) is 0 Å². The number of aromatic hydroxyl groups is 1. The molecule has 0 aromatic heterocycles. The molecule has 0 aliphatic carbocycles. The molecule has 1 unspecified atom stereocenters. The van der Waals surface area contributed by atoms with Crippen molar-refractivity contribution in [2.75, 3.05) is 6.54 Å². The monoisotopic (exact) mass is 327 g/mol. The summed E-state index contributed by atoms with van der Waals surface area (Å²) in [6.07, 6.45) is -4.63. The first-order chi connectivity index (χ1) is 8.18. The third-order valence-electron chi connectivity index (χ3n) is 2.32. The lowest BCUT2D eigenvalue weighted by molar-refractivity contribution is -0.138. The Morgan fingerprint density at radius 1 is 1.44 bits per heavy atom.